The van der Waals surface area contributed by atoms with Gasteiger partial charge >= 0.3 is 0 Å². The Morgan fingerprint density at radius 3 is 2.44 bits per heavy atom. The minimum absolute atomic E-state index is 0.0458. The van der Waals surface area contributed by atoms with Gasteiger partial charge in [-0.1, -0.05) is 13.8 Å². The Morgan fingerprint density at radius 1 is 0.971 bits per heavy atom. The highest BCUT2D eigenvalue weighted by molar-refractivity contribution is 5.17. The maximum absolute atomic E-state index is 12.1. The molecule has 0 radical (unpaired) electrons. The molecule has 1 heterocycles. The molecule has 0 aromatic rings. The van der Waals surface area contributed by atoms with Gasteiger partial charge in [0.25, 0.3) is 0 Å². The zero-order chi connectivity index (χ0) is 24.5. The van der Waals surface area contributed by atoms with Crippen LogP contribution in [0.15, 0.2) is 0 Å². The van der Waals surface area contributed by atoms with E-state index in [0.29, 0.717) is 17.8 Å². The van der Waals surface area contributed by atoms with Crippen LogP contribution in [0.5, 0.6) is 0 Å². The standard InChI is InChI=1S/C27H46O7/c1-15(29)18-8-11-27(32)20-5-4-16-12-17(33-23-13-21(30)24(31)22(14-28)34-23)6-9-25(16,2)19(20)7-10-26(18,27)3/h15-24,28-32H,4-14H2,1-3H3/t15-,16?,17-,18+,19-,20+,21?,22?,23?,24?,25-,26+,27+/m0/s1. The maximum Gasteiger partial charge on any atom is 0.161 e. The Balaban J connectivity index is 1.27. The number of hydrogen-bond donors (Lipinski definition) is 5. The lowest BCUT2D eigenvalue weighted by atomic mass is 9.43. The van der Waals surface area contributed by atoms with Crippen molar-refractivity contribution in [2.75, 3.05) is 6.61 Å². The molecule has 4 aliphatic carbocycles. The summed E-state index contributed by atoms with van der Waals surface area (Å²) in [6.45, 7) is 6.23. The number of rotatable bonds is 4. The lowest BCUT2D eigenvalue weighted by Crippen LogP contribution is -2.63. The van der Waals surface area contributed by atoms with Crippen molar-refractivity contribution < 1.29 is 35.0 Å². The van der Waals surface area contributed by atoms with Crippen molar-refractivity contribution in [3.8, 4) is 0 Å². The Bertz CT molecular complexity index is 746. The predicted molar refractivity (Wildman–Crippen MR) is 126 cm³/mol. The summed E-state index contributed by atoms with van der Waals surface area (Å²) in [5, 5.41) is 52.2. The van der Waals surface area contributed by atoms with Crippen LogP contribution in [0.2, 0.25) is 0 Å². The first-order valence-corrected chi connectivity index (χ1v) is 13.7. The van der Waals surface area contributed by atoms with Crippen LogP contribution >= 0.6 is 0 Å². The van der Waals surface area contributed by atoms with E-state index in [1.54, 1.807) is 0 Å². The SMILES string of the molecule is C[C@H](O)[C@H]1CC[C@@]2(O)[C@@H]3CCC4C[C@@H](OC5CC(O)C(O)C(CO)O5)CC[C@]4(C)[C@H]3CC[C@]12C. The van der Waals surface area contributed by atoms with E-state index >= 15 is 0 Å². The van der Waals surface area contributed by atoms with Gasteiger partial charge < -0.3 is 35.0 Å². The van der Waals surface area contributed by atoms with Crippen LogP contribution in [0, 0.1) is 34.5 Å². The van der Waals surface area contributed by atoms with Crippen molar-refractivity contribution in [2.45, 2.75) is 127 Å². The van der Waals surface area contributed by atoms with Crippen molar-refractivity contribution in [1.82, 2.24) is 0 Å². The molecule has 1 saturated heterocycles. The summed E-state index contributed by atoms with van der Waals surface area (Å²) in [7, 11) is 0. The van der Waals surface area contributed by atoms with Crippen LogP contribution in [0.25, 0.3) is 0 Å². The molecule has 5 aliphatic rings. The van der Waals surface area contributed by atoms with E-state index in [4.69, 9.17) is 9.47 Å². The fourth-order valence-corrected chi connectivity index (χ4v) is 9.49. The van der Waals surface area contributed by atoms with Gasteiger partial charge in [0.2, 0.25) is 0 Å². The smallest absolute Gasteiger partial charge is 0.161 e. The van der Waals surface area contributed by atoms with E-state index in [2.05, 4.69) is 13.8 Å². The monoisotopic (exact) mass is 482 g/mol. The Morgan fingerprint density at radius 2 is 1.74 bits per heavy atom. The number of aliphatic hydroxyl groups is 5. The molecule has 0 bridgehead atoms. The summed E-state index contributed by atoms with van der Waals surface area (Å²) < 4.78 is 12.0. The number of fused-ring (bicyclic) bond motifs is 5. The minimum atomic E-state index is -1.08. The van der Waals surface area contributed by atoms with Crippen molar-refractivity contribution in [1.29, 1.82) is 0 Å². The first-order chi connectivity index (χ1) is 16.0. The molecule has 5 N–H and O–H groups in total. The Labute approximate surface area is 203 Å². The second kappa shape index (κ2) is 8.93. The largest absolute Gasteiger partial charge is 0.394 e. The highest BCUT2D eigenvalue weighted by Gasteiger charge is 2.67. The van der Waals surface area contributed by atoms with Crippen molar-refractivity contribution in [3.05, 3.63) is 0 Å². The molecule has 0 spiro atoms. The van der Waals surface area contributed by atoms with Gasteiger partial charge in [-0.2, -0.15) is 0 Å². The van der Waals surface area contributed by atoms with Gasteiger partial charge in [0.1, 0.15) is 12.2 Å². The fraction of sp³-hybridized carbons (Fsp3) is 1.00. The van der Waals surface area contributed by atoms with Crippen LogP contribution in [-0.4, -0.2) is 74.6 Å². The molecule has 5 rings (SSSR count). The third-order valence-electron chi connectivity index (χ3n) is 11.5. The first kappa shape index (κ1) is 25.4. The van der Waals surface area contributed by atoms with E-state index < -0.39 is 30.2 Å². The third-order valence-corrected chi connectivity index (χ3v) is 11.5. The minimum Gasteiger partial charge on any atom is -0.394 e. The topological polar surface area (TPSA) is 120 Å². The number of ether oxygens (including phenoxy) is 2. The number of hydrogen-bond acceptors (Lipinski definition) is 7. The number of aliphatic hydroxyl groups excluding tert-OH is 4. The van der Waals surface area contributed by atoms with Gasteiger partial charge in [-0.15, -0.1) is 0 Å². The fourth-order valence-electron chi connectivity index (χ4n) is 9.49. The molecule has 0 amide bonds. The van der Waals surface area contributed by atoms with Gasteiger partial charge in [0.05, 0.1) is 30.5 Å². The van der Waals surface area contributed by atoms with Crippen LogP contribution < -0.4 is 0 Å². The molecule has 34 heavy (non-hydrogen) atoms. The van der Waals surface area contributed by atoms with E-state index in [1.807, 2.05) is 6.92 Å². The molecule has 196 valence electrons. The van der Waals surface area contributed by atoms with Crippen molar-refractivity contribution in [3.63, 3.8) is 0 Å². The van der Waals surface area contributed by atoms with Gasteiger partial charge in [0, 0.05) is 11.8 Å². The molecule has 7 nitrogen and oxygen atoms in total. The molecular weight excluding hydrogens is 436 g/mol. The van der Waals surface area contributed by atoms with Gasteiger partial charge in [-0.3, -0.25) is 0 Å². The lowest BCUT2D eigenvalue weighted by Gasteiger charge is -2.64. The van der Waals surface area contributed by atoms with Crippen molar-refractivity contribution in [2.24, 2.45) is 34.5 Å². The summed E-state index contributed by atoms with van der Waals surface area (Å²) in [4.78, 5) is 0. The molecular formula is C27H46O7. The average molecular weight is 483 g/mol. The van der Waals surface area contributed by atoms with E-state index in [1.165, 1.54) is 0 Å². The molecule has 5 fully saturated rings. The highest BCUT2D eigenvalue weighted by Crippen LogP contribution is 2.69. The second-order valence-corrected chi connectivity index (χ2v) is 12.9. The normalized spacial score (nSPS) is 56.3. The molecule has 0 aromatic carbocycles. The summed E-state index contributed by atoms with van der Waals surface area (Å²) >= 11 is 0. The average Bonchev–Trinajstić information content (AvgIpc) is 3.07. The maximum atomic E-state index is 12.1. The van der Waals surface area contributed by atoms with E-state index in [9.17, 15) is 25.5 Å². The first-order valence-electron chi connectivity index (χ1n) is 13.7. The molecule has 1 aliphatic heterocycles. The van der Waals surface area contributed by atoms with Gasteiger partial charge in [-0.05, 0) is 93.8 Å². The van der Waals surface area contributed by atoms with Crippen LogP contribution in [0.1, 0.15) is 85.0 Å². The van der Waals surface area contributed by atoms with Crippen molar-refractivity contribution >= 4 is 0 Å². The second-order valence-electron chi connectivity index (χ2n) is 12.9. The van der Waals surface area contributed by atoms with Gasteiger partial charge in [0.15, 0.2) is 6.29 Å². The van der Waals surface area contributed by atoms with Crippen LogP contribution in [0.3, 0.4) is 0 Å². The van der Waals surface area contributed by atoms with E-state index in [-0.39, 0.29) is 42.0 Å². The quantitative estimate of drug-likeness (QED) is 0.390. The van der Waals surface area contributed by atoms with Gasteiger partial charge in [-0.25, -0.2) is 0 Å². The van der Waals surface area contributed by atoms with Crippen LogP contribution in [0.4, 0.5) is 0 Å². The van der Waals surface area contributed by atoms with E-state index in [0.717, 1.165) is 57.8 Å². The zero-order valence-electron chi connectivity index (χ0n) is 21.1. The molecule has 5 unspecified atom stereocenters. The summed E-state index contributed by atoms with van der Waals surface area (Å²) in [6, 6.07) is 0. The third kappa shape index (κ3) is 3.72. The zero-order valence-corrected chi connectivity index (χ0v) is 21.1. The molecule has 0 aromatic heterocycles. The Hall–Kier alpha value is -0.280. The molecule has 7 heteroatoms. The molecule has 13 atom stereocenters. The Kier molecular flexibility index (Phi) is 6.66. The highest BCUT2D eigenvalue weighted by atomic mass is 16.7. The molecule has 4 saturated carbocycles. The predicted octanol–water partition coefficient (Wildman–Crippen LogP) is 2.36. The summed E-state index contributed by atoms with van der Waals surface area (Å²) in [6.07, 6.45) is 5.33. The lowest BCUT2D eigenvalue weighted by molar-refractivity contribution is -0.279. The van der Waals surface area contributed by atoms with Crippen LogP contribution in [-0.2, 0) is 9.47 Å². The summed E-state index contributed by atoms with van der Waals surface area (Å²) in [5.41, 5.74) is -0.691. The summed E-state index contributed by atoms with van der Waals surface area (Å²) in [5.74, 6) is 1.51.